The number of aromatic amines is 1. The van der Waals surface area contributed by atoms with E-state index >= 15 is 0 Å². The lowest BCUT2D eigenvalue weighted by atomic mass is 9.41. The van der Waals surface area contributed by atoms with E-state index in [0.29, 0.717) is 50.8 Å². The van der Waals surface area contributed by atoms with E-state index in [1.54, 1.807) is 11.0 Å². The first kappa shape index (κ1) is 29.2. The van der Waals surface area contributed by atoms with Crippen LogP contribution in [0, 0.1) is 17.3 Å². The van der Waals surface area contributed by atoms with Crippen molar-refractivity contribution in [3.63, 3.8) is 0 Å². The molecule has 240 valence electrons. The number of H-pyrrole nitrogens is 1. The maximum absolute atomic E-state index is 13.9. The van der Waals surface area contributed by atoms with E-state index in [0.717, 1.165) is 17.6 Å². The van der Waals surface area contributed by atoms with Crippen molar-refractivity contribution in [3.8, 4) is 0 Å². The highest BCUT2D eigenvalue weighted by Gasteiger charge is 2.78. The lowest BCUT2D eigenvalue weighted by Gasteiger charge is -2.67. The van der Waals surface area contributed by atoms with Gasteiger partial charge in [-0.15, -0.1) is 0 Å². The van der Waals surface area contributed by atoms with Gasteiger partial charge in [0.2, 0.25) is 0 Å². The third kappa shape index (κ3) is 3.53. The second kappa shape index (κ2) is 9.20. The number of nitrogens with one attached hydrogen (secondary N) is 1. The third-order valence-electron chi connectivity index (χ3n) is 12.8. The lowest BCUT2D eigenvalue weighted by Crippen LogP contribution is -2.75. The van der Waals surface area contributed by atoms with Crippen LogP contribution in [-0.2, 0) is 40.4 Å². The number of nitrogens with zero attached hydrogens (tertiary/aromatic N) is 1. The van der Waals surface area contributed by atoms with Gasteiger partial charge in [0.05, 0.1) is 13.0 Å². The fraction of sp³-hybridized carbons (Fsp3) is 0.629. The molecule has 0 unspecified atom stereocenters. The average molecular weight is 619 g/mol. The Labute approximate surface area is 262 Å². The number of esters is 1. The summed E-state index contributed by atoms with van der Waals surface area (Å²) in [5, 5.41) is 14.6. The second-order valence-electron chi connectivity index (χ2n) is 15.0. The molecule has 4 fully saturated rings. The number of amides is 1. The molecule has 2 aromatic rings. The van der Waals surface area contributed by atoms with Crippen LogP contribution in [0.4, 0.5) is 4.79 Å². The van der Waals surface area contributed by atoms with Gasteiger partial charge in [-0.3, -0.25) is 9.59 Å². The van der Waals surface area contributed by atoms with E-state index in [1.165, 1.54) is 18.1 Å². The molecule has 1 aromatic heterocycles. The van der Waals surface area contributed by atoms with Crippen LogP contribution in [0.15, 0.2) is 35.9 Å². The summed E-state index contributed by atoms with van der Waals surface area (Å²) < 4.78 is 24.4. The number of likely N-dealkylation sites (tertiary alicyclic amines) is 1. The fourth-order valence-electron chi connectivity index (χ4n) is 10.2. The van der Waals surface area contributed by atoms with Crippen LogP contribution in [0.3, 0.4) is 0 Å². The second-order valence-corrected chi connectivity index (χ2v) is 15.0. The first-order valence-electron chi connectivity index (χ1n) is 16.3. The molecular weight excluding hydrogens is 576 g/mol. The molecule has 2 saturated carbocycles. The van der Waals surface area contributed by atoms with Crippen LogP contribution in [0.1, 0.15) is 71.1 Å². The van der Waals surface area contributed by atoms with Gasteiger partial charge in [-0.05, 0) is 69.6 Å². The summed E-state index contributed by atoms with van der Waals surface area (Å²) in [6, 6.07) is 8.29. The molecule has 1 spiro atoms. The summed E-state index contributed by atoms with van der Waals surface area (Å²) in [5.74, 6) is -2.25. The molecule has 3 aliphatic carbocycles. The minimum absolute atomic E-state index is 0.0798. The van der Waals surface area contributed by atoms with Gasteiger partial charge < -0.3 is 33.9 Å². The monoisotopic (exact) mass is 618 g/mol. The van der Waals surface area contributed by atoms with Crippen molar-refractivity contribution in [3.05, 3.63) is 47.2 Å². The number of hydrogen-bond acceptors (Lipinski definition) is 8. The first-order valence-corrected chi connectivity index (χ1v) is 16.3. The van der Waals surface area contributed by atoms with Crippen molar-refractivity contribution in [2.24, 2.45) is 17.3 Å². The van der Waals surface area contributed by atoms with Crippen molar-refractivity contribution >= 4 is 28.7 Å². The van der Waals surface area contributed by atoms with Gasteiger partial charge in [0.25, 0.3) is 0 Å². The minimum atomic E-state index is -1.75. The Morgan fingerprint density at radius 1 is 1.09 bits per heavy atom. The standard InChI is InChI=1S/C35H42N2O8/c1-31(2)28-24(38)18-25-34(44-28,45-31)13-12-32(3)33(4)20(16-22-21-8-6-7-9-23(21)36-27(22)33)17-26(35(25,32)41)43-29(39)19-10-14-37(15-11-19)30(40)42-5/h6-9,18-20,26,28,36,41H,10-17H2,1-5H3/t20-,26+,28+,32-,33-,34+,35+/m1/s1. The zero-order valence-electron chi connectivity index (χ0n) is 26.6. The van der Waals surface area contributed by atoms with Crippen LogP contribution in [0.25, 0.3) is 10.9 Å². The third-order valence-corrected chi connectivity index (χ3v) is 12.8. The number of fused-ring (bicyclic) bond motifs is 9. The van der Waals surface area contributed by atoms with E-state index < -0.39 is 52.0 Å². The number of benzene rings is 1. The number of carbonyl (C=O) groups excluding carboxylic acids is 3. The number of piperidine rings is 1. The molecule has 2 saturated heterocycles. The van der Waals surface area contributed by atoms with Gasteiger partial charge in [-0.2, -0.15) is 0 Å². The quantitative estimate of drug-likeness (QED) is 0.477. The van der Waals surface area contributed by atoms with E-state index in [9.17, 15) is 19.5 Å². The summed E-state index contributed by atoms with van der Waals surface area (Å²) in [4.78, 5) is 44.9. The molecule has 4 heterocycles. The Balaban J connectivity index is 1.22. The maximum Gasteiger partial charge on any atom is 0.409 e. The minimum Gasteiger partial charge on any atom is -0.459 e. The van der Waals surface area contributed by atoms with Gasteiger partial charge >= 0.3 is 12.1 Å². The molecule has 2 N–H and O–H groups in total. The molecule has 7 atom stereocenters. The Kier molecular flexibility index (Phi) is 5.97. The largest absolute Gasteiger partial charge is 0.459 e. The van der Waals surface area contributed by atoms with Gasteiger partial charge in [-0.1, -0.05) is 32.0 Å². The van der Waals surface area contributed by atoms with E-state index in [4.69, 9.17) is 18.9 Å². The summed E-state index contributed by atoms with van der Waals surface area (Å²) in [5.41, 5.74) is -0.214. The molecule has 8 rings (SSSR count). The topological polar surface area (TPSA) is 127 Å². The molecule has 2 bridgehead atoms. The Morgan fingerprint density at radius 2 is 1.82 bits per heavy atom. The normalized spacial score (nSPS) is 39.9. The van der Waals surface area contributed by atoms with Crippen LogP contribution in [-0.4, -0.2) is 82.2 Å². The summed E-state index contributed by atoms with van der Waals surface area (Å²) >= 11 is 0. The Hall–Kier alpha value is -3.21. The highest BCUT2D eigenvalue weighted by molar-refractivity contribution is 5.97. The number of rotatable bonds is 2. The smallest absolute Gasteiger partial charge is 0.409 e. The van der Waals surface area contributed by atoms with Gasteiger partial charge in [0, 0.05) is 52.5 Å². The van der Waals surface area contributed by atoms with Crippen molar-refractivity contribution in [1.29, 1.82) is 0 Å². The van der Waals surface area contributed by atoms with Crippen LogP contribution in [0.2, 0.25) is 0 Å². The summed E-state index contributed by atoms with van der Waals surface area (Å²) in [6.07, 6.45) is 2.54. The number of carbonyl (C=O) groups is 3. The van der Waals surface area contributed by atoms with E-state index in [-0.39, 0.29) is 17.7 Å². The predicted molar refractivity (Wildman–Crippen MR) is 162 cm³/mol. The van der Waals surface area contributed by atoms with Crippen molar-refractivity contribution in [2.75, 3.05) is 20.2 Å². The fourth-order valence-corrected chi connectivity index (χ4v) is 10.2. The van der Waals surface area contributed by atoms with Crippen LogP contribution in [0.5, 0.6) is 0 Å². The SMILES string of the molecule is COC(=O)N1CCC(C(=O)O[C@H]2C[C@H]3Cc4c([nH]c5ccccc45)[C@]3(C)[C@@]3(C)CC[C@@]45O[C@@H](C(=O)C=C4[C@]23O)C(C)(C)O5)CC1. The number of para-hydroxylation sites is 1. The number of ether oxygens (including phenoxy) is 4. The van der Waals surface area contributed by atoms with Gasteiger partial charge in [0.15, 0.2) is 17.7 Å². The van der Waals surface area contributed by atoms with Gasteiger partial charge in [-0.25, -0.2) is 4.79 Å². The van der Waals surface area contributed by atoms with E-state index in [1.807, 2.05) is 26.0 Å². The molecule has 3 aliphatic heterocycles. The average Bonchev–Trinajstić information content (AvgIpc) is 3.61. The molecule has 6 aliphatic rings. The summed E-state index contributed by atoms with van der Waals surface area (Å²) in [7, 11) is 1.35. The highest BCUT2D eigenvalue weighted by Crippen LogP contribution is 2.72. The Bertz CT molecular complexity index is 1670. The summed E-state index contributed by atoms with van der Waals surface area (Å²) in [6.45, 7) is 8.81. The molecular formula is C35H42N2O8. The predicted octanol–water partition coefficient (Wildman–Crippen LogP) is 4.32. The number of ketones is 1. The van der Waals surface area contributed by atoms with Crippen molar-refractivity contribution in [1.82, 2.24) is 9.88 Å². The molecule has 10 heteroatoms. The number of aliphatic hydroxyl groups is 1. The Morgan fingerprint density at radius 3 is 2.56 bits per heavy atom. The molecule has 0 radical (unpaired) electrons. The highest BCUT2D eigenvalue weighted by atomic mass is 16.8. The molecule has 1 amide bonds. The lowest BCUT2D eigenvalue weighted by molar-refractivity contribution is -0.278. The molecule has 1 aromatic carbocycles. The van der Waals surface area contributed by atoms with Crippen LogP contribution < -0.4 is 0 Å². The first-order chi connectivity index (χ1) is 21.3. The zero-order valence-corrected chi connectivity index (χ0v) is 26.6. The number of aromatic nitrogens is 1. The van der Waals surface area contributed by atoms with E-state index in [2.05, 4.69) is 31.0 Å². The number of hydrogen-bond donors (Lipinski definition) is 2. The zero-order chi connectivity index (χ0) is 31.7. The maximum atomic E-state index is 13.9. The van der Waals surface area contributed by atoms with Gasteiger partial charge in [0.1, 0.15) is 17.3 Å². The van der Waals surface area contributed by atoms with Crippen LogP contribution >= 0.6 is 0 Å². The molecule has 45 heavy (non-hydrogen) atoms. The number of methoxy groups -OCH3 is 1. The molecule has 10 nitrogen and oxygen atoms in total. The van der Waals surface area contributed by atoms with Crippen molar-refractivity contribution in [2.45, 2.75) is 101 Å². The van der Waals surface area contributed by atoms with Crippen molar-refractivity contribution < 1.29 is 38.4 Å².